The molecule has 13 heteroatoms. The highest BCUT2D eigenvalue weighted by Crippen LogP contribution is 1.97. The summed E-state index contributed by atoms with van der Waals surface area (Å²) in [5.74, 6) is -1.18. The van der Waals surface area contributed by atoms with Crippen molar-refractivity contribution in [3.05, 3.63) is 103 Å². The van der Waals surface area contributed by atoms with E-state index in [4.69, 9.17) is 0 Å². The molecule has 3 N–H and O–H groups in total. The Labute approximate surface area is 230 Å². The molecule has 3 aromatic rings. The molecule has 0 atom stereocenters. The molecular weight excluding hydrogens is 518 g/mol. The summed E-state index contributed by atoms with van der Waals surface area (Å²) in [5.41, 5.74) is -0.151. The number of aryl methyl sites for hydroxylation is 3. The zero-order valence-electron chi connectivity index (χ0n) is 22.7. The molecule has 0 bridgehead atoms. The molecule has 0 radical (unpaired) electrons. The molecule has 3 aromatic heterocycles. The predicted octanol–water partition coefficient (Wildman–Crippen LogP) is -1.33. The highest BCUT2D eigenvalue weighted by molar-refractivity contribution is 5.94. The van der Waals surface area contributed by atoms with Crippen LogP contribution in [0.4, 0.5) is 0 Å². The van der Waals surface area contributed by atoms with E-state index >= 15 is 0 Å². The van der Waals surface area contributed by atoms with Crippen LogP contribution in [0, 0.1) is 0 Å². The van der Waals surface area contributed by atoms with Crippen molar-refractivity contribution in [3.63, 3.8) is 0 Å². The lowest BCUT2D eigenvalue weighted by Crippen LogP contribution is -2.43. The van der Waals surface area contributed by atoms with Gasteiger partial charge in [0.2, 0.25) is 0 Å². The first-order valence-corrected chi connectivity index (χ1v) is 12.6. The predicted molar refractivity (Wildman–Crippen MR) is 148 cm³/mol. The van der Waals surface area contributed by atoms with Crippen molar-refractivity contribution in [2.75, 3.05) is 39.3 Å². The van der Waals surface area contributed by atoms with E-state index in [1.54, 1.807) is 39.3 Å². The lowest BCUT2D eigenvalue weighted by molar-refractivity contribution is 0.0948. The Morgan fingerprint density at radius 1 is 0.575 bits per heavy atom. The quantitative estimate of drug-likeness (QED) is 0.252. The number of pyridine rings is 3. The van der Waals surface area contributed by atoms with Crippen LogP contribution in [0.5, 0.6) is 0 Å². The van der Waals surface area contributed by atoms with Gasteiger partial charge in [-0.15, -0.1) is 0 Å². The van der Waals surface area contributed by atoms with Gasteiger partial charge in [-0.3, -0.25) is 33.7 Å². The van der Waals surface area contributed by atoms with Crippen LogP contribution in [0.25, 0.3) is 0 Å². The molecule has 3 rings (SSSR count). The molecule has 13 nitrogen and oxygen atoms in total. The molecule has 40 heavy (non-hydrogen) atoms. The SMILES string of the molecule is Cn1ccc(C(=O)NCCN(CCNC(=O)c2ccn(C)c(=O)c2)CCNC(=O)c2ccn(C)c(=O)c2)cc1=O. The Morgan fingerprint density at radius 2 is 0.850 bits per heavy atom. The van der Waals surface area contributed by atoms with Gasteiger partial charge in [-0.25, -0.2) is 0 Å². The summed E-state index contributed by atoms with van der Waals surface area (Å²) in [6, 6.07) is 8.41. The Kier molecular flexibility index (Phi) is 10.3. The molecule has 0 fully saturated rings. The summed E-state index contributed by atoms with van der Waals surface area (Å²) >= 11 is 0. The number of amides is 3. The molecular formula is C27H33N7O6. The third-order valence-electron chi connectivity index (χ3n) is 6.24. The summed E-state index contributed by atoms with van der Waals surface area (Å²) in [5, 5.41) is 8.32. The highest BCUT2D eigenvalue weighted by Gasteiger charge is 2.12. The first-order valence-electron chi connectivity index (χ1n) is 12.6. The second-order valence-corrected chi connectivity index (χ2v) is 9.20. The number of carbonyl (C=O) groups excluding carboxylic acids is 3. The van der Waals surface area contributed by atoms with Gasteiger partial charge in [0.25, 0.3) is 34.4 Å². The molecule has 0 spiro atoms. The minimum atomic E-state index is -0.393. The van der Waals surface area contributed by atoms with Crippen LogP contribution in [0.1, 0.15) is 31.1 Å². The van der Waals surface area contributed by atoms with Gasteiger partial charge < -0.3 is 29.7 Å². The minimum Gasteiger partial charge on any atom is -0.351 e. The fraction of sp³-hybridized carbons (Fsp3) is 0.333. The van der Waals surface area contributed by atoms with E-state index in [0.29, 0.717) is 19.6 Å². The number of rotatable bonds is 12. The maximum Gasteiger partial charge on any atom is 0.251 e. The van der Waals surface area contributed by atoms with Gasteiger partial charge in [-0.05, 0) is 18.2 Å². The van der Waals surface area contributed by atoms with Crippen LogP contribution >= 0.6 is 0 Å². The molecule has 0 saturated heterocycles. The molecule has 0 aromatic carbocycles. The smallest absolute Gasteiger partial charge is 0.251 e. The molecule has 0 aliphatic heterocycles. The maximum atomic E-state index is 12.5. The van der Waals surface area contributed by atoms with Crippen LogP contribution in [-0.2, 0) is 21.1 Å². The Balaban J connectivity index is 1.56. The normalized spacial score (nSPS) is 10.8. The van der Waals surface area contributed by atoms with Gasteiger partial charge in [0.15, 0.2) is 0 Å². The van der Waals surface area contributed by atoms with Crippen LogP contribution in [0.15, 0.2) is 69.4 Å². The largest absolute Gasteiger partial charge is 0.351 e. The van der Waals surface area contributed by atoms with Gasteiger partial charge in [0, 0.05) is 114 Å². The molecule has 0 aliphatic rings. The van der Waals surface area contributed by atoms with E-state index in [2.05, 4.69) is 16.0 Å². The van der Waals surface area contributed by atoms with Gasteiger partial charge in [-0.1, -0.05) is 0 Å². The number of nitrogens with one attached hydrogen (secondary N) is 3. The molecule has 212 valence electrons. The van der Waals surface area contributed by atoms with Crippen molar-refractivity contribution in [3.8, 4) is 0 Å². The van der Waals surface area contributed by atoms with Crippen molar-refractivity contribution < 1.29 is 14.4 Å². The lowest BCUT2D eigenvalue weighted by atomic mass is 10.2. The average molecular weight is 552 g/mol. The number of carbonyl (C=O) groups is 3. The number of nitrogens with zero attached hydrogens (tertiary/aromatic N) is 4. The van der Waals surface area contributed by atoms with Gasteiger partial charge in [0.1, 0.15) is 0 Å². The van der Waals surface area contributed by atoms with E-state index in [9.17, 15) is 28.8 Å². The molecule has 0 unspecified atom stereocenters. The fourth-order valence-electron chi connectivity index (χ4n) is 3.69. The van der Waals surface area contributed by atoms with Crippen molar-refractivity contribution in [2.24, 2.45) is 21.1 Å². The first kappa shape index (κ1) is 29.8. The van der Waals surface area contributed by atoms with E-state index in [1.807, 2.05) is 4.90 Å². The number of aromatic nitrogens is 3. The average Bonchev–Trinajstić information content (AvgIpc) is 2.92. The Bertz CT molecular complexity index is 1370. The summed E-state index contributed by atoms with van der Waals surface area (Å²) in [6.45, 7) is 1.92. The first-order chi connectivity index (χ1) is 19.0. The zero-order valence-corrected chi connectivity index (χ0v) is 22.7. The van der Waals surface area contributed by atoms with Crippen LogP contribution < -0.4 is 32.6 Å². The fourth-order valence-corrected chi connectivity index (χ4v) is 3.69. The van der Waals surface area contributed by atoms with Crippen molar-refractivity contribution in [1.29, 1.82) is 0 Å². The van der Waals surface area contributed by atoms with E-state index < -0.39 is 17.7 Å². The Morgan fingerprint density at radius 3 is 1.10 bits per heavy atom. The minimum absolute atomic E-state index is 0.247. The number of hydrogen-bond acceptors (Lipinski definition) is 7. The molecule has 3 heterocycles. The lowest BCUT2D eigenvalue weighted by Gasteiger charge is -2.23. The monoisotopic (exact) mass is 551 g/mol. The van der Waals surface area contributed by atoms with E-state index in [-0.39, 0.29) is 53.0 Å². The van der Waals surface area contributed by atoms with Gasteiger partial charge in [0.05, 0.1) is 0 Å². The van der Waals surface area contributed by atoms with Crippen LogP contribution in [-0.4, -0.2) is 75.6 Å². The topological polar surface area (TPSA) is 157 Å². The summed E-state index contributed by atoms with van der Waals surface area (Å²) in [4.78, 5) is 74.8. The van der Waals surface area contributed by atoms with Crippen molar-refractivity contribution in [1.82, 2.24) is 34.6 Å². The summed E-state index contributed by atoms with van der Waals surface area (Å²) in [6.07, 6.45) is 4.54. The van der Waals surface area contributed by atoms with Crippen LogP contribution in [0.3, 0.4) is 0 Å². The third kappa shape index (κ3) is 8.36. The second-order valence-electron chi connectivity index (χ2n) is 9.20. The maximum absolute atomic E-state index is 12.5. The highest BCUT2D eigenvalue weighted by atomic mass is 16.2. The summed E-state index contributed by atoms with van der Waals surface area (Å²) < 4.78 is 4.09. The van der Waals surface area contributed by atoms with Crippen LogP contribution in [0.2, 0.25) is 0 Å². The molecule has 3 amide bonds. The zero-order chi connectivity index (χ0) is 29.2. The van der Waals surface area contributed by atoms with Gasteiger partial charge >= 0.3 is 0 Å². The standard InChI is InChI=1S/C27H33N7O6/c1-31-10-4-19(16-22(31)35)25(38)28-7-13-34(14-8-29-26(39)20-5-11-32(2)23(36)17-20)15-9-30-27(40)21-6-12-33(3)24(37)18-21/h4-6,10-12,16-18H,7-9,13-15H2,1-3H3,(H,28,38)(H,29,39)(H,30,40). The van der Waals surface area contributed by atoms with E-state index in [0.717, 1.165) is 0 Å². The van der Waals surface area contributed by atoms with E-state index in [1.165, 1.54) is 50.5 Å². The second kappa shape index (κ2) is 13.8. The third-order valence-corrected chi connectivity index (χ3v) is 6.24. The Hall–Kier alpha value is -4.78. The molecule has 0 saturated carbocycles. The van der Waals surface area contributed by atoms with Crippen molar-refractivity contribution in [2.45, 2.75) is 0 Å². The van der Waals surface area contributed by atoms with Crippen molar-refractivity contribution >= 4 is 17.7 Å². The number of hydrogen-bond donors (Lipinski definition) is 3. The summed E-state index contributed by atoms with van der Waals surface area (Å²) in [7, 11) is 4.77. The molecule has 0 aliphatic carbocycles. The van der Waals surface area contributed by atoms with Gasteiger partial charge in [-0.2, -0.15) is 0 Å².